The molecule has 0 aliphatic rings. The predicted octanol–water partition coefficient (Wildman–Crippen LogP) is 2.21. The van der Waals surface area contributed by atoms with E-state index >= 15 is 0 Å². The second-order valence-electron chi connectivity index (χ2n) is 6.17. The first-order valence-electron chi connectivity index (χ1n) is 8.31. The summed E-state index contributed by atoms with van der Waals surface area (Å²) < 4.78 is 4.76. The molecule has 0 heterocycles. The summed E-state index contributed by atoms with van der Waals surface area (Å²) in [6.45, 7) is 6.99. The van der Waals surface area contributed by atoms with E-state index in [2.05, 4.69) is 10.6 Å². The number of alkyl carbamates (subject to hydrolysis) is 1. The lowest BCUT2D eigenvalue weighted by molar-refractivity contribution is -0.149. The molecule has 1 aromatic carbocycles. The number of hydrogen-bond acceptors (Lipinski definition) is 4. The van der Waals surface area contributed by atoms with Crippen LogP contribution in [0.1, 0.15) is 39.7 Å². The maximum Gasteiger partial charge on any atom is 0.409 e. The Morgan fingerprint density at radius 3 is 2.38 bits per heavy atom. The van der Waals surface area contributed by atoms with Crippen molar-refractivity contribution in [3.8, 4) is 0 Å². The fourth-order valence-electron chi connectivity index (χ4n) is 2.22. The van der Waals surface area contributed by atoms with E-state index in [1.807, 2.05) is 37.3 Å². The van der Waals surface area contributed by atoms with Crippen LogP contribution in [0.4, 0.5) is 4.79 Å². The molecule has 6 heteroatoms. The summed E-state index contributed by atoms with van der Waals surface area (Å²) >= 11 is 0. The molecular formula is C18H28N2O4. The van der Waals surface area contributed by atoms with E-state index in [1.165, 1.54) is 5.56 Å². The number of aliphatic hydroxyl groups is 1. The zero-order valence-corrected chi connectivity index (χ0v) is 14.8. The second kappa shape index (κ2) is 9.27. The minimum Gasteiger partial charge on any atom is -0.450 e. The predicted molar refractivity (Wildman–Crippen MR) is 92.3 cm³/mol. The molecule has 1 aromatic rings. The fraction of sp³-hybridized carbons (Fsp3) is 0.556. The Morgan fingerprint density at radius 1 is 1.21 bits per heavy atom. The molecule has 0 aromatic heterocycles. The van der Waals surface area contributed by atoms with Gasteiger partial charge in [-0.2, -0.15) is 0 Å². The summed E-state index contributed by atoms with van der Waals surface area (Å²) in [6.07, 6.45) is 0.720. The molecule has 0 spiro atoms. The fourth-order valence-corrected chi connectivity index (χ4v) is 2.22. The lowest BCUT2D eigenvalue weighted by Crippen LogP contribution is -2.63. The van der Waals surface area contributed by atoms with E-state index in [4.69, 9.17) is 4.74 Å². The summed E-state index contributed by atoms with van der Waals surface area (Å²) in [5.74, 6) is -1.14. The molecule has 134 valence electrons. The molecule has 0 aliphatic heterocycles. The van der Waals surface area contributed by atoms with E-state index < -0.39 is 23.6 Å². The number of nitrogens with one attached hydrogen (secondary N) is 2. The van der Waals surface area contributed by atoms with Gasteiger partial charge in [-0.1, -0.05) is 44.2 Å². The average molecular weight is 336 g/mol. The number of benzene rings is 1. The summed E-state index contributed by atoms with van der Waals surface area (Å²) in [5.41, 5.74) is -0.824. The van der Waals surface area contributed by atoms with Crippen molar-refractivity contribution in [2.75, 3.05) is 6.61 Å². The number of carbonyl (C=O) groups is 2. The van der Waals surface area contributed by atoms with E-state index in [0.717, 1.165) is 12.8 Å². The third-order valence-electron chi connectivity index (χ3n) is 3.84. The van der Waals surface area contributed by atoms with Gasteiger partial charge in [0, 0.05) is 12.0 Å². The Morgan fingerprint density at radius 2 is 1.83 bits per heavy atom. The molecule has 2 amide bonds. The highest BCUT2D eigenvalue weighted by Gasteiger charge is 2.41. The normalized spacial score (nSPS) is 14.6. The zero-order chi connectivity index (χ0) is 18.2. The molecule has 2 atom stereocenters. The van der Waals surface area contributed by atoms with Crippen molar-refractivity contribution in [1.29, 1.82) is 0 Å². The largest absolute Gasteiger partial charge is 0.450 e. The molecule has 0 fully saturated rings. The minimum absolute atomic E-state index is 0.146. The highest BCUT2D eigenvalue weighted by Crippen LogP contribution is 2.15. The van der Waals surface area contributed by atoms with Crippen LogP contribution in [-0.4, -0.2) is 35.5 Å². The van der Waals surface area contributed by atoms with Crippen molar-refractivity contribution >= 4 is 12.0 Å². The lowest BCUT2D eigenvalue weighted by atomic mass is 9.97. The van der Waals surface area contributed by atoms with E-state index in [-0.39, 0.29) is 12.6 Å². The number of amides is 2. The molecule has 0 aliphatic carbocycles. The van der Waals surface area contributed by atoms with Crippen LogP contribution in [0.2, 0.25) is 0 Å². The van der Waals surface area contributed by atoms with Gasteiger partial charge in [-0.15, -0.1) is 0 Å². The van der Waals surface area contributed by atoms with Crippen molar-refractivity contribution in [3.63, 3.8) is 0 Å². The number of aryl methyl sites for hydroxylation is 1. The van der Waals surface area contributed by atoms with E-state index in [0.29, 0.717) is 0 Å². The monoisotopic (exact) mass is 336 g/mol. The number of ether oxygens (including phenoxy) is 1. The Balaban J connectivity index is 2.62. The lowest BCUT2D eigenvalue weighted by Gasteiger charge is -2.32. The number of carbonyl (C=O) groups excluding carboxylic acids is 2. The van der Waals surface area contributed by atoms with Crippen LogP contribution in [0.15, 0.2) is 30.3 Å². The van der Waals surface area contributed by atoms with Crippen molar-refractivity contribution in [1.82, 2.24) is 10.6 Å². The SMILES string of the molecule is CCOC(=O)N[C@](O)(C(=O)N[C@@H](C)CCc1ccccc1)C(C)C. The highest BCUT2D eigenvalue weighted by molar-refractivity contribution is 5.88. The van der Waals surface area contributed by atoms with Crippen LogP contribution in [0, 0.1) is 5.92 Å². The van der Waals surface area contributed by atoms with Gasteiger partial charge in [0.25, 0.3) is 5.91 Å². The molecule has 6 nitrogen and oxygen atoms in total. The first-order valence-corrected chi connectivity index (χ1v) is 8.31. The zero-order valence-electron chi connectivity index (χ0n) is 14.8. The maximum atomic E-state index is 12.4. The van der Waals surface area contributed by atoms with Gasteiger partial charge in [-0.05, 0) is 32.3 Å². The molecule has 0 bridgehead atoms. The van der Waals surface area contributed by atoms with Crippen LogP contribution in [0.5, 0.6) is 0 Å². The van der Waals surface area contributed by atoms with Gasteiger partial charge >= 0.3 is 6.09 Å². The minimum atomic E-state index is -2.01. The van der Waals surface area contributed by atoms with Gasteiger partial charge in [0.2, 0.25) is 5.72 Å². The smallest absolute Gasteiger partial charge is 0.409 e. The van der Waals surface area contributed by atoms with Gasteiger partial charge in [-0.25, -0.2) is 4.79 Å². The first kappa shape index (κ1) is 20.0. The Bertz CT molecular complexity index is 533. The molecule has 0 saturated carbocycles. The van der Waals surface area contributed by atoms with Crippen molar-refractivity contribution in [3.05, 3.63) is 35.9 Å². The summed E-state index contributed by atoms with van der Waals surface area (Å²) in [5, 5.41) is 15.6. The topological polar surface area (TPSA) is 87.7 Å². The first-order chi connectivity index (χ1) is 11.3. The van der Waals surface area contributed by atoms with Crippen molar-refractivity contribution in [2.45, 2.75) is 52.3 Å². The van der Waals surface area contributed by atoms with Gasteiger partial charge in [0.05, 0.1) is 6.61 Å². The van der Waals surface area contributed by atoms with Gasteiger partial charge in [0.1, 0.15) is 0 Å². The van der Waals surface area contributed by atoms with E-state index in [9.17, 15) is 14.7 Å². The molecular weight excluding hydrogens is 308 g/mol. The Kier molecular flexibility index (Phi) is 7.71. The maximum absolute atomic E-state index is 12.4. The summed E-state index contributed by atoms with van der Waals surface area (Å²) in [6, 6.07) is 9.81. The standard InChI is InChI=1S/C18H28N2O4/c1-5-24-17(22)20-18(23,13(2)3)16(21)19-14(4)11-12-15-9-7-6-8-10-15/h6-10,13-14,23H,5,11-12H2,1-4H3,(H,19,21)(H,20,22)/t14-,18+/m0/s1. The van der Waals surface area contributed by atoms with Gasteiger partial charge in [-0.3, -0.25) is 10.1 Å². The number of rotatable bonds is 8. The quantitative estimate of drug-likeness (QED) is 0.635. The van der Waals surface area contributed by atoms with Crippen molar-refractivity contribution < 1.29 is 19.4 Å². The Hall–Kier alpha value is -2.08. The number of hydrogen-bond donors (Lipinski definition) is 3. The molecule has 0 saturated heterocycles. The Labute approximate surface area is 143 Å². The van der Waals surface area contributed by atoms with E-state index in [1.54, 1.807) is 20.8 Å². The van der Waals surface area contributed by atoms with Crippen LogP contribution in [0.25, 0.3) is 0 Å². The molecule has 24 heavy (non-hydrogen) atoms. The molecule has 0 radical (unpaired) electrons. The second-order valence-corrected chi connectivity index (χ2v) is 6.17. The summed E-state index contributed by atoms with van der Waals surface area (Å²) in [7, 11) is 0. The van der Waals surface area contributed by atoms with Crippen LogP contribution in [-0.2, 0) is 16.0 Å². The van der Waals surface area contributed by atoms with Gasteiger partial charge in [0.15, 0.2) is 0 Å². The highest BCUT2D eigenvalue weighted by atomic mass is 16.6. The van der Waals surface area contributed by atoms with Crippen molar-refractivity contribution in [2.24, 2.45) is 5.92 Å². The van der Waals surface area contributed by atoms with Crippen LogP contribution >= 0.6 is 0 Å². The molecule has 1 rings (SSSR count). The molecule has 3 N–H and O–H groups in total. The summed E-state index contributed by atoms with van der Waals surface area (Å²) in [4.78, 5) is 24.0. The third-order valence-corrected chi connectivity index (χ3v) is 3.84. The molecule has 0 unspecified atom stereocenters. The third kappa shape index (κ3) is 5.85. The van der Waals surface area contributed by atoms with Crippen LogP contribution < -0.4 is 10.6 Å². The van der Waals surface area contributed by atoms with Gasteiger partial charge < -0.3 is 15.2 Å². The average Bonchev–Trinajstić information content (AvgIpc) is 2.53. The van der Waals surface area contributed by atoms with Crippen LogP contribution in [0.3, 0.4) is 0 Å².